The van der Waals surface area contributed by atoms with E-state index in [-0.39, 0.29) is 0 Å². The number of benzene rings is 1. The van der Waals surface area contributed by atoms with Gasteiger partial charge in [0.25, 0.3) is 0 Å². The molecule has 0 fully saturated rings. The summed E-state index contributed by atoms with van der Waals surface area (Å²) in [5.74, 6) is 0.626. The fourth-order valence-corrected chi connectivity index (χ4v) is 2.40. The molecule has 100 valence electrons. The predicted octanol–water partition coefficient (Wildman–Crippen LogP) is 2.91. The third-order valence-electron chi connectivity index (χ3n) is 3.36. The molecule has 0 spiro atoms. The maximum absolute atomic E-state index is 11.0. The summed E-state index contributed by atoms with van der Waals surface area (Å²) in [4.78, 5) is 15.2. The zero-order valence-electron chi connectivity index (χ0n) is 11.1. The Morgan fingerprint density at radius 1 is 1.25 bits per heavy atom. The lowest BCUT2D eigenvalue weighted by molar-refractivity contribution is 0.112. The van der Waals surface area contributed by atoms with E-state index in [0.29, 0.717) is 18.0 Å². The molecule has 3 aromatic rings. The molecule has 0 unspecified atom stereocenters. The molecule has 2 heterocycles. The first-order valence-electron chi connectivity index (χ1n) is 6.34. The number of aldehydes is 1. The average molecular weight is 266 g/mol. The molecular weight excluding hydrogens is 252 g/mol. The van der Waals surface area contributed by atoms with Crippen molar-refractivity contribution >= 4 is 17.2 Å². The van der Waals surface area contributed by atoms with Crippen molar-refractivity contribution in [1.29, 1.82) is 0 Å². The molecule has 0 radical (unpaired) electrons. The second-order valence-corrected chi connectivity index (χ2v) is 4.51. The number of carbonyl (C=O) groups excluding carboxylic acids is 1. The van der Waals surface area contributed by atoms with Crippen LogP contribution in [0, 0.1) is 0 Å². The molecule has 0 aliphatic carbocycles. The highest BCUT2D eigenvalue weighted by Gasteiger charge is 2.08. The van der Waals surface area contributed by atoms with Gasteiger partial charge >= 0.3 is 0 Å². The summed E-state index contributed by atoms with van der Waals surface area (Å²) < 4.78 is 7.36. The molecule has 0 aliphatic rings. The lowest BCUT2D eigenvalue weighted by Gasteiger charge is -2.09. The van der Waals surface area contributed by atoms with Crippen molar-refractivity contribution < 1.29 is 9.53 Å². The first kappa shape index (κ1) is 12.4. The molecule has 20 heavy (non-hydrogen) atoms. The van der Waals surface area contributed by atoms with E-state index in [9.17, 15) is 4.79 Å². The number of aromatic nitrogens is 2. The van der Waals surface area contributed by atoms with Gasteiger partial charge in [-0.25, -0.2) is 4.98 Å². The Morgan fingerprint density at radius 3 is 2.95 bits per heavy atom. The van der Waals surface area contributed by atoms with Crippen molar-refractivity contribution in [3.05, 3.63) is 59.9 Å². The molecule has 4 heteroatoms. The molecule has 0 saturated heterocycles. The second kappa shape index (κ2) is 5.17. The molecule has 0 amide bonds. The van der Waals surface area contributed by atoms with Crippen LogP contribution >= 0.6 is 0 Å². The van der Waals surface area contributed by atoms with Gasteiger partial charge in [-0.15, -0.1) is 0 Å². The Balaban J connectivity index is 2.05. The van der Waals surface area contributed by atoms with Gasteiger partial charge < -0.3 is 9.30 Å². The minimum atomic E-state index is 0.626. The van der Waals surface area contributed by atoms with E-state index in [1.54, 1.807) is 13.3 Å². The number of ether oxygens (including phenoxy) is 1. The zero-order valence-corrected chi connectivity index (χ0v) is 11.1. The minimum Gasteiger partial charge on any atom is -0.481 e. The van der Waals surface area contributed by atoms with E-state index >= 15 is 0 Å². The zero-order chi connectivity index (χ0) is 13.9. The van der Waals surface area contributed by atoms with Crippen LogP contribution in [0.2, 0.25) is 0 Å². The van der Waals surface area contributed by atoms with E-state index in [0.717, 1.165) is 22.8 Å². The summed E-state index contributed by atoms with van der Waals surface area (Å²) in [6.07, 6.45) is 4.57. The number of methoxy groups -OCH3 is 1. The van der Waals surface area contributed by atoms with Crippen LogP contribution in [0.5, 0.6) is 5.88 Å². The van der Waals surface area contributed by atoms with Crippen LogP contribution in [0.4, 0.5) is 0 Å². The Morgan fingerprint density at radius 2 is 2.15 bits per heavy atom. The second-order valence-electron chi connectivity index (χ2n) is 4.51. The van der Waals surface area contributed by atoms with Crippen LogP contribution in [-0.2, 0) is 6.54 Å². The van der Waals surface area contributed by atoms with Crippen molar-refractivity contribution in [2.45, 2.75) is 6.54 Å². The summed E-state index contributed by atoms with van der Waals surface area (Å²) in [7, 11) is 1.62. The lowest BCUT2D eigenvalue weighted by atomic mass is 10.1. The standard InChI is InChI=1S/C16H14N2O2/c1-20-16-12(5-3-8-17-16)10-18-9-7-14-13(11-19)4-2-6-15(14)18/h2-9,11H,10H2,1H3. The average Bonchev–Trinajstić information content (AvgIpc) is 2.91. The topological polar surface area (TPSA) is 44.1 Å². The van der Waals surface area contributed by atoms with Gasteiger partial charge in [0.15, 0.2) is 6.29 Å². The third kappa shape index (κ3) is 2.05. The smallest absolute Gasteiger partial charge is 0.218 e. The lowest BCUT2D eigenvalue weighted by Crippen LogP contribution is -2.01. The van der Waals surface area contributed by atoms with Crippen molar-refractivity contribution in [3.63, 3.8) is 0 Å². The number of carbonyl (C=O) groups is 1. The maximum Gasteiger partial charge on any atom is 0.218 e. The number of rotatable bonds is 4. The molecule has 3 rings (SSSR count). The van der Waals surface area contributed by atoms with Gasteiger partial charge in [0.2, 0.25) is 5.88 Å². The molecule has 0 atom stereocenters. The molecule has 0 aliphatic heterocycles. The van der Waals surface area contributed by atoms with Crippen LogP contribution in [-0.4, -0.2) is 22.9 Å². The summed E-state index contributed by atoms with van der Waals surface area (Å²) in [6.45, 7) is 0.656. The fraction of sp³-hybridized carbons (Fsp3) is 0.125. The van der Waals surface area contributed by atoms with Crippen LogP contribution in [0.25, 0.3) is 10.9 Å². The molecular formula is C16H14N2O2. The highest BCUT2D eigenvalue weighted by Crippen LogP contribution is 2.22. The number of hydrogen-bond acceptors (Lipinski definition) is 3. The summed E-state index contributed by atoms with van der Waals surface area (Å²) in [6, 6.07) is 11.6. The Bertz CT molecular complexity index is 762. The van der Waals surface area contributed by atoms with Gasteiger partial charge in [-0.2, -0.15) is 0 Å². The highest BCUT2D eigenvalue weighted by atomic mass is 16.5. The first-order valence-corrected chi connectivity index (χ1v) is 6.34. The van der Waals surface area contributed by atoms with Gasteiger partial charge in [-0.05, 0) is 18.2 Å². The Kier molecular flexibility index (Phi) is 3.21. The number of fused-ring (bicyclic) bond motifs is 1. The summed E-state index contributed by atoms with van der Waals surface area (Å²) in [5.41, 5.74) is 2.74. The van der Waals surface area contributed by atoms with Crippen LogP contribution < -0.4 is 4.74 Å². The molecule has 0 saturated carbocycles. The van der Waals surface area contributed by atoms with Gasteiger partial charge in [0.1, 0.15) is 0 Å². The van der Waals surface area contributed by atoms with E-state index in [1.165, 1.54) is 0 Å². The maximum atomic E-state index is 11.0. The minimum absolute atomic E-state index is 0.626. The summed E-state index contributed by atoms with van der Waals surface area (Å²) >= 11 is 0. The normalized spacial score (nSPS) is 10.7. The quantitative estimate of drug-likeness (QED) is 0.682. The van der Waals surface area contributed by atoms with Crippen molar-refractivity contribution in [1.82, 2.24) is 9.55 Å². The molecule has 1 aromatic carbocycles. The third-order valence-corrected chi connectivity index (χ3v) is 3.36. The number of hydrogen-bond donors (Lipinski definition) is 0. The Labute approximate surface area is 116 Å². The molecule has 2 aromatic heterocycles. The van der Waals surface area contributed by atoms with Crippen molar-refractivity contribution in [2.24, 2.45) is 0 Å². The number of nitrogens with zero attached hydrogens (tertiary/aromatic N) is 2. The summed E-state index contributed by atoms with van der Waals surface area (Å²) in [5, 5.41) is 0.963. The monoisotopic (exact) mass is 266 g/mol. The largest absolute Gasteiger partial charge is 0.481 e. The van der Waals surface area contributed by atoms with E-state index in [1.807, 2.05) is 42.6 Å². The van der Waals surface area contributed by atoms with E-state index < -0.39 is 0 Å². The predicted molar refractivity (Wildman–Crippen MR) is 77.2 cm³/mol. The fourth-order valence-electron chi connectivity index (χ4n) is 2.40. The Hall–Kier alpha value is -2.62. The molecule has 4 nitrogen and oxygen atoms in total. The van der Waals surface area contributed by atoms with Gasteiger partial charge in [0.05, 0.1) is 13.7 Å². The molecule has 0 bridgehead atoms. The first-order chi connectivity index (χ1) is 9.83. The van der Waals surface area contributed by atoms with Gasteiger partial charge in [0, 0.05) is 34.4 Å². The molecule has 0 N–H and O–H groups in total. The highest BCUT2D eigenvalue weighted by molar-refractivity contribution is 5.97. The van der Waals surface area contributed by atoms with Crippen LogP contribution in [0.1, 0.15) is 15.9 Å². The van der Waals surface area contributed by atoms with Crippen LogP contribution in [0.15, 0.2) is 48.8 Å². The van der Waals surface area contributed by atoms with E-state index in [4.69, 9.17) is 4.74 Å². The van der Waals surface area contributed by atoms with Gasteiger partial charge in [-0.1, -0.05) is 18.2 Å². The number of pyridine rings is 1. The van der Waals surface area contributed by atoms with Crippen LogP contribution in [0.3, 0.4) is 0 Å². The van der Waals surface area contributed by atoms with Gasteiger partial charge in [-0.3, -0.25) is 4.79 Å². The SMILES string of the molecule is COc1ncccc1Cn1ccc2c(C=O)cccc21. The van der Waals surface area contributed by atoms with E-state index in [2.05, 4.69) is 9.55 Å². The van der Waals surface area contributed by atoms with Crippen molar-refractivity contribution in [3.8, 4) is 5.88 Å². The van der Waals surface area contributed by atoms with Crippen molar-refractivity contribution in [2.75, 3.05) is 7.11 Å².